The zero-order valence-corrected chi connectivity index (χ0v) is 11.4. The number of halogens is 1. The average molecular weight is 286 g/mol. The molecule has 0 radical (unpaired) electrons. The van der Waals surface area contributed by atoms with Crippen LogP contribution in [0.1, 0.15) is 5.56 Å². The van der Waals surface area contributed by atoms with Crippen LogP contribution in [0.25, 0.3) is 12.4 Å². The molecule has 1 aliphatic rings. The average Bonchev–Trinajstić information content (AvgIpc) is 2.88. The molecule has 0 unspecified atom stereocenters. The quantitative estimate of drug-likeness (QED) is 0.907. The molecule has 0 atom stereocenters. The van der Waals surface area contributed by atoms with Gasteiger partial charge in [-0.3, -0.25) is 4.98 Å². The number of aliphatic imine (C=N–C) groups is 1. The highest BCUT2D eigenvalue weighted by Gasteiger charge is 2.13. The molecule has 5 heteroatoms. The molecular weight excluding hydrogens is 274 g/mol. The number of hydrogen-bond donors (Lipinski definition) is 1. The Morgan fingerprint density at radius 1 is 1.25 bits per heavy atom. The van der Waals surface area contributed by atoms with Gasteiger partial charge in [-0.15, -0.1) is 0 Å². The van der Waals surface area contributed by atoms with E-state index in [1.807, 2.05) is 36.4 Å². The van der Waals surface area contributed by atoms with E-state index in [0.717, 1.165) is 16.1 Å². The Kier molecular flexibility index (Phi) is 3.39. The van der Waals surface area contributed by atoms with Gasteiger partial charge < -0.3 is 4.84 Å². The zero-order chi connectivity index (χ0) is 13.9. The molecule has 3 rings (SSSR count). The van der Waals surface area contributed by atoms with Gasteiger partial charge in [0.25, 0.3) is 0 Å². The van der Waals surface area contributed by atoms with Crippen LogP contribution < -0.4 is 16.0 Å². The van der Waals surface area contributed by atoms with Gasteiger partial charge in [0.1, 0.15) is 0 Å². The molecule has 1 N–H and O–H groups in total. The highest BCUT2D eigenvalue weighted by atomic mass is 35.5. The summed E-state index contributed by atoms with van der Waals surface area (Å²) in [5.41, 5.74) is 3.84. The normalized spacial score (nSPS) is 16.4. The van der Waals surface area contributed by atoms with E-state index < -0.39 is 0 Å². The molecule has 0 saturated heterocycles. The first-order chi connectivity index (χ1) is 9.70. The monoisotopic (exact) mass is 285 g/mol. The van der Waals surface area contributed by atoms with Gasteiger partial charge in [0, 0.05) is 16.4 Å². The third kappa shape index (κ3) is 2.81. The van der Waals surface area contributed by atoms with Crippen LogP contribution in [0.2, 0.25) is 5.02 Å². The Bertz CT molecular complexity index is 762. The molecule has 4 nitrogen and oxygen atoms in total. The summed E-state index contributed by atoms with van der Waals surface area (Å²) in [7, 11) is 0. The Balaban J connectivity index is 1.87. The lowest BCUT2D eigenvalue weighted by Gasteiger charge is -2.00. The van der Waals surface area contributed by atoms with Crippen LogP contribution in [0.3, 0.4) is 0 Å². The Hall–Kier alpha value is -2.33. The fourth-order valence-electron chi connectivity index (χ4n) is 1.86. The Morgan fingerprint density at radius 2 is 2.15 bits per heavy atom. The summed E-state index contributed by atoms with van der Waals surface area (Å²) in [5, 5.41) is 2.28. The first-order valence-corrected chi connectivity index (χ1v) is 6.49. The van der Waals surface area contributed by atoms with E-state index in [1.54, 1.807) is 6.20 Å². The third-order valence-corrected chi connectivity index (χ3v) is 3.08. The van der Waals surface area contributed by atoms with Crippen molar-refractivity contribution in [3.63, 3.8) is 0 Å². The van der Waals surface area contributed by atoms with Gasteiger partial charge in [-0.25, -0.2) is 5.48 Å². The van der Waals surface area contributed by atoms with Crippen LogP contribution in [0.4, 0.5) is 0 Å². The topological polar surface area (TPSA) is 46.5 Å². The standard InChI is InChI=1S/C15H12ClN3O/c1-10-5-6-12(9-17-10)15-18-14(20-19-15)8-11-3-2-4-13(16)7-11/h2-7,9,19H,1,8H2. The number of hydroxylamine groups is 1. The molecular formula is C15H12ClN3O. The van der Waals surface area contributed by atoms with Crippen molar-refractivity contribution in [2.45, 2.75) is 6.42 Å². The van der Waals surface area contributed by atoms with E-state index in [1.165, 1.54) is 0 Å². The van der Waals surface area contributed by atoms with Gasteiger partial charge in [-0.2, -0.15) is 4.99 Å². The summed E-state index contributed by atoms with van der Waals surface area (Å²) >= 11 is 5.95. The van der Waals surface area contributed by atoms with Gasteiger partial charge in [-0.1, -0.05) is 30.3 Å². The van der Waals surface area contributed by atoms with Crippen LogP contribution in [0.5, 0.6) is 0 Å². The zero-order valence-electron chi connectivity index (χ0n) is 10.6. The molecule has 0 amide bonds. The second-order valence-electron chi connectivity index (χ2n) is 4.40. The Labute approximate surface area is 121 Å². The van der Waals surface area contributed by atoms with Crippen LogP contribution in [0.15, 0.2) is 47.6 Å². The van der Waals surface area contributed by atoms with Crippen molar-refractivity contribution >= 4 is 29.9 Å². The predicted molar refractivity (Wildman–Crippen MR) is 79.2 cm³/mol. The van der Waals surface area contributed by atoms with Crippen LogP contribution in [-0.4, -0.2) is 10.9 Å². The maximum atomic E-state index is 5.95. The second kappa shape index (κ2) is 5.35. The first-order valence-electron chi connectivity index (χ1n) is 6.11. The van der Waals surface area contributed by atoms with Gasteiger partial charge in [-0.05, 0) is 29.8 Å². The summed E-state index contributed by atoms with van der Waals surface area (Å²) in [6.45, 7) is 3.75. The van der Waals surface area contributed by atoms with Crippen LogP contribution >= 0.6 is 11.6 Å². The molecule has 1 aromatic carbocycles. The van der Waals surface area contributed by atoms with Gasteiger partial charge in [0.2, 0.25) is 5.90 Å². The molecule has 0 fully saturated rings. The minimum absolute atomic E-state index is 0.581. The van der Waals surface area contributed by atoms with Crippen molar-refractivity contribution in [2.24, 2.45) is 4.99 Å². The molecule has 0 bridgehead atoms. The first kappa shape index (κ1) is 12.7. The van der Waals surface area contributed by atoms with E-state index in [-0.39, 0.29) is 0 Å². The minimum atomic E-state index is 0.581. The summed E-state index contributed by atoms with van der Waals surface area (Å²) in [6, 6.07) is 11.3. The lowest BCUT2D eigenvalue weighted by molar-refractivity contribution is 0.248. The lowest BCUT2D eigenvalue weighted by atomic mass is 10.1. The van der Waals surface area contributed by atoms with Crippen LogP contribution in [0, 0.1) is 0 Å². The molecule has 2 aromatic rings. The molecule has 20 heavy (non-hydrogen) atoms. The summed E-state index contributed by atoms with van der Waals surface area (Å²) in [5.74, 6) is 1.25. The van der Waals surface area contributed by atoms with Gasteiger partial charge in [0.05, 0.1) is 11.8 Å². The lowest BCUT2D eigenvalue weighted by Crippen LogP contribution is -2.18. The van der Waals surface area contributed by atoms with E-state index in [4.69, 9.17) is 16.4 Å². The molecule has 2 heterocycles. The van der Waals surface area contributed by atoms with E-state index in [9.17, 15) is 0 Å². The number of rotatable bonds is 2. The molecule has 100 valence electrons. The largest absolute Gasteiger partial charge is 0.364 e. The number of hydrogen-bond acceptors (Lipinski definition) is 4. The maximum absolute atomic E-state index is 5.95. The van der Waals surface area contributed by atoms with E-state index in [2.05, 4.69) is 22.0 Å². The molecule has 0 saturated carbocycles. The van der Waals surface area contributed by atoms with Crippen LogP contribution in [-0.2, 0) is 11.3 Å². The maximum Gasteiger partial charge on any atom is 0.228 e. The summed E-state index contributed by atoms with van der Waals surface area (Å²) in [4.78, 5) is 13.9. The smallest absolute Gasteiger partial charge is 0.228 e. The number of benzene rings is 1. The minimum Gasteiger partial charge on any atom is -0.364 e. The summed E-state index contributed by atoms with van der Waals surface area (Å²) in [6.07, 6.45) is 2.29. The van der Waals surface area contributed by atoms with Crippen molar-refractivity contribution in [1.29, 1.82) is 0 Å². The van der Waals surface area contributed by atoms with E-state index in [0.29, 0.717) is 23.2 Å². The highest BCUT2D eigenvalue weighted by Crippen LogP contribution is 2.13. The number of nitrogens with one attached hydrogen (secondary N) is 1. The van der Waals surface area contributed by atoms with Crippen molar-refractivity contribution in [2.75, 3.05) is 0 Å². The molecule has 1 aromatic heterocycles. The predicted octanol–water partition coefficient (Wildman–Crippen LogP) is 1.39. The highest BCUT2D eigenvalue weighted by molar-refractivity contribution is 6.30. The number of aromatic nitrogens is 1. The third-order valence-electron chi connectivity index (χ3n) is 2.84. The van der Waals surface area contributed by atoms with Crippen molar-refractivity contribution in [3.8, 4) is 0 Å². The van der Waals surface area contributed by atoms with Gasteiger partial charge in [0.15, 0.2) is 5.82 Å². The Morgan fingerprint density at radius 3 is 2.90 bits per heavy atom. The summed E-state index contributed by atoms with van der Waals surface area (Å²) < 4.78 is 0. The number of nitrogens with zero attached hydrogens (tertiary/aromatic N) is 2. The fraction of sp³-hybridized carbons (Fsp3) is 0.0667. The van der Waals surface area contributed by atoms with Crippen molar-refractivity contribution in [3.05, 3.63) is 63.7 Å². The van der Waals surface area contributed by atoms with Crippen molar-refractivity contribution in [1.82, 2.24) is 10.5 Å². The fourth-order valence-corrected chi connectivity index (χ4v) is 2.08. The van der Waals surface area contributed by atoms with Gasteiger partial charge >= 0.3 is 0 Å². The molecule has 1 aliphatic heterocycles. The molecule has 0 aliphatic carbocycles. The van der Waals surface area contributed by atoms with Crippen molar-refractivity contribution < 1.29 is 4.84 Å². The molecule has 0 spiro atoms. The van der Waals surface area contributed by atoms with E-state index >= 15 is 0 Å². The SMILES string of the molecule is C=c1ccc(=C2N=C(Cc3cccc(Cl)c3)ON2)cn1. The number of pyridine rings is 1. The second-order valence-corrected chi connectivity index (χ2v) is 4.84.